The Morgan fingerprint density at radius 2 is 1.62 bits per heavy atom. The number of hydrogen-bond donors (Lipinski definition) is 1. The fourth-order valence-electron chi connectivity index (χ4n) is 4.41. The minimum atomic E-state index is -0.0842. The third-order valence-electron chi connectivity index (χ3n) is 6.25. The molecule has 2 aliphatic rings. The molecule has 1 N–H and O–H groups in total. The third kappa shape index (κ3) is 6.25. The van der Waals surface area contributed by atoms with Crippen molar-refractivity contribution in [3.05, 3.63) is 54.6 Å². The molecule has 1 saturated heterocycles. The van der Waals surface area contributed by atoms with Gasteiger partial charge in [-0.3, -0.25) is 9.59 Å². The van der Waals surface area contributed by atoms with E-state index in [0.717, 1.165) is 30.0 Å². The molecular weight excluding hydrogens is 404 g/mol. The van der Waals surface area contributed by atoms with E-state index in [9.17, 15) is 9.59 Å². The summed E-state index contributed by atoms with van der Waals surface area (Å²) in [5.74, 6) is 1.60. The van der Waals surface area contributed by atoms with Crippen molar-refractivity contribution >= 4 is 17.5 Å². The number of anilines is 1. The lowest BCUT2D eigenvalue weighted by Crippen LogP contribution is -2.41. The molecule has 1 aliphatic heterocycles. The van der Waals surface area contributed by atoms with Crippen molar-refractivity contribution in [1.82, 2.24) is 4.90 Å². The quantitative estimate of drug-likeness (QED) is 0.654. The number of carbonyl (C=O) groups is 2. The smallest absolute Gasteiger partial charge is 0.227 e. The number of benzene rings is 2. The number of amides is 2. The van der Waals surface area contributed by atoms with Crippen LogP contribution in [0.1, 0.15) is 44.9 Å². The number of hydrogen-bond acceptors (Lipinski definition) is 4. The lowest BCUT2D eigenvalue weighted by molar-refractivity contribution is -0.135. The van der Waals surface area contributed by atoms with Gasteiger partial charge in [-0.1, -0.05) is 24.3 Å². The number of rotatable bonds is 8. The molecule has 170 valence electrons. The molecule has 2 aromatic carbocycles. The second-order valence-corrected chi connectivity index (χ2v) is 8.61. The van der Waals surface area contributed by atoms with Gasteiger partial charge in [0.05, 0.1) is 19.1 Å². The molecule has 4 rings (SSSR count). The predicted molar refractivity (Wildman–Crippen MR) is 124 cm³/mol. The van der Waals surface area contributed by atoms with Crippen LogP contribution in [-0.2, 0) is 9.59 Å². The predicted octanol–water partition coefficient (Wildman–Crippen LogP) is 4.65. The highest BCUT2D eigenvalue weighted by molar-refractivity contribution is 5.93. The summed E-state index contributed by atoms with van der Waals surface area (Å²) in [6.45, 7) is 1.57. The molecular formula is C26H32N2O4. The first-order chi connectivity index (χ1) is 15.7. The van der Waals surface area contributed by atoms with Gasteiger partial charge in [0, 0.05) is 30.8 Å². The molecule has 1 saturated carbocycles. The van der Waals surface area contributed by atoms with Gasteiger partial charge in [-0.05, 0) is 62.8 Å². The van der Waals surface area contributed by atoms with Crippen molar-refractivity contribution in [2.24, 2.45) is 5.92 Å². The minimum Gasteiger partial charge on any atom is -0.493 e. The fourth-order valence-corrected chi connectivity index (χ4v) is 4.41. The average Bonchev–Trinajstić information content (AvgIpc) is 3.33. The van der Waals surface area contributed by atoms with E-state index in [-0.39, 0.29) is 17.7 Å². The second-order valence-electron chi connectivity index (χ2n) is 8.61. The third-order valence-corrected chi connectivity index (χ3v) is 6.25. The van der Waals surface area contributed by atoms with Crippen LogP contribution in [-0.4, -0.2) is 42.5 Å². The van der Waals surface area contributed by atoms with Crippen LogP contribution in [0.3, 0.4) is 0 Å². The molecule has 2 aromatic rings. The zero-order chi connectivity index (χ0) is 22.2. The number of likely N-dealkylation sites (tertiary alicyclic amines) is 1. The molecule has 0 atom stereocenters. The first-order valence-electron chi connectivity index (χ1n) is 11.7. The Bertz CT molecular complexity index is 888. The van der Waals surface area contributed by atoms with Gasteiger partial charge in [-0.2, -0.15) is 0 Å². The Balaban J connectivity index is 1.19. The van der Waals surface area contributed by atoms with Crippen LogP contribution < -0.4 is 14.8 Å². The van der Waals surface area contributed by atoms with E-state index in [0.29, 0.717) is 45.1 Å². The van der Waals surface area contributed by atoms with E-state index in [1.165, 1.54) is 12.8 Å². The number of nitrogens with one attached hydrogen (secondary N) is 1. The van der Waals surface area contributed by atoms with Gasteiger partial charge in [0.15, 0.2) is 0 Å². The monoisotopic (exact) mass is 436 g/mol. The topological polar surface area (TPSA) is 67.9 Å². The van der Waals surface area contributed by atoms with Gasteiger partial charge in [0.1, 0.15) is 11.5 Å². The molecule has 2 amide bonds. The molecule has 0 unspecified atom stereocenters. The molecule has 6 nitrogen and oxygen atoms in total. The summed E-state index contributed by atoms with van der Waals surface area (Å²) in [6.07, 6.45) is 6.65. The first-order valence-corrected chi connectivity index (χ1v) is 11.7. The Kier molecular flexibility index (Phi) is 7.64. The molecule has 6 heteroatoms. The van der Waals surface area contributed by atoms with E-state index < -0.39 is 0 Å². The van der Waals surface area contributed by atoms with Crippen molar-refractivity contribution in [1.29, 1.82) is 0 Å². The molecule has 0 bridgehead atoms. The van der Waals surface area contributed by atoms with E-state index in [2.05, 4.69) is 5.32 Å². The molecule has 32 heavy (non-hydrogen) atoms. The summed E-state index contributed by atoms with van der Waals surface area (Å²) >= 11 is 0. The molecule has 0 radical (unpaired) electrons. The Hall–Kier alpha value is -3.02. The summed E-state index contributed by atoms with van der Waals surface area (Å²) in [6, 6.07) is 17.2. The van der Waals surface area contributed by atoms with E-state index >= 15 is 0 Å². The zero-order valence-electron chi connectivity index (χ0n) is 18.5. The van der Waals surface area contributed by atoms with Crippen LogP contribution in [0.4, 0.5) is 5.69 Å². The second kappa shape index (κ2) is 11.0. The van der Waals surface area contributed by atoms with Crippen molar-refractivity contribution in [2.45, 2.75) is 51.0 Å². The van der Waals surface area contributed by atoms with Crippen molar-refractivity contribution in [3.8, 4) is 11.5 Å². The van der Waals surface area contributed by atoms with Crippen molar-refractivity contribution < 1.29 is 19.1 Å². The van der Waals surface area contributed by atoms with Gasteiger partial charge in [0.2, 0.25) is 11.8 Å². The largest absolute Gasteiger partial charge is 0.493 e. The van der Waals surface area contributed by atoms with Crippen LogP contribution in [0, 0.1) is 5.92 Å². The number of nitrogens with zero attached hydrogens (tertiary/aromatic N) is 1. The summed E-state index contributed by atoms with van der Waals surface area (Å²) in [4.78, 5) is 27.1. The number of carbonyl (C=O) groups excluding carboxylic acids is 2. The summed E-state index contributed by atoms with van der Waals surface area (Å²) in [7, 11) is 0. The van der Waals surface area contributed by atoms with E-state index in [1.807, 2.05) is 59.5 Å². The standard InChI is InChI=1S/C26H32N2O4/c29-25(15-18-31-22-8-2-1-3-9-22)28-16-13-20(14-17-28)26(30)27-21-7-6-12-24(19-21)32-23-10-4-5-11-23/h1-3,6-9,12,19-20,23H,4-5,10-11,13-18H2,(H,27,30). The molecule has 1 aliphatic carbocycles. The summed E-state index contributed by atoms with van der Waals surface area (Å²) < 4.78 is 11.7. The Labute approximate surface area is 189 Å². The van der Waals surface area contributed by atoms with Gasteiger partial charge >= 0.3 is 0 Å². The van der Waals surface area contributed by atoms with Gasteiger partial charge in [-0.15, -0.1) is 0 Å². The molecule has 2 fully saturated rings. The molecule has 1 heterocycles. The number of para-hydroxylation sites is 1. The highest BCUT2D eigenvalue weighted by atomic mass is 16.5. The van der Waals surface area contributed by atoms with Crippen LogP contribution in [0.5, 0.6) is 11.5 Å². The SMILES string of the molecule is O=C(Nc1cccc(OC2CCCC2)c1)C1CCN(C(=O)CCOc2ccccc2)CC1. The van der Waals surface area contributed by atoms with Crippen molar-refractivity contribution in [2.75, 3.05) is 25.0 Å². The normalized spacial score (nSPS) is 17.2. The number of ether oxygens (including phenoxy) is 2. The fraction of sp³-hybridized carbons (Fsp3) is 0.462. The van der Waals surface area contributed by atoms with Gasteiger partial charge in [-0.25, -0.2) is 0 Å². The van der Waals surface area contributed by atoms with E-state index in [4.69, 9.17) is 9.47 Å². The maximum Gasteiger partial charge on any atom is 0.227 e. The van der Waals surface area contributed by atoms with Crippen LogP contribution >= 0.6 is 0 Å². The highest BCUT2D eigenvalue weighted by Crippen LogP contribution is 2.26. The maximum absolute atomic E-state index is 12.8. The number of piperidine rings is 1. The molecule has 0 aromatic heterocycles. The zero-order valence-corrected chi connectivity index (χ0v) is 18.5. The van der Waals surface area contributed by atoms with Crippen LogP contribution in [0.25, 0.3) is 0 Å². The van der Waals surface area contributed by atoms with Gasteiger partial charge in [0.25, 0.3) is 0 Å². The van der Waals surface area contributed by atoms with Crippen LogP contribution in [0.2, 0.25) is 0 Å². The first kappa shape index (κ1) is 22.2. The van der Waals surface area contributed by atoms with Crippen LogP contribution in [0.15, 0.2) is 54.6 Å². The average molecular weight is 437 g/mol. The lowest BCUT2D eigenvalue weighted by Gasteiger charge is -2.31. The summed E-state index contributed by atoms with van der Waals surface area (Å²) in [5.41, 5.74) is 0.766. The van der Waals surface area contributed by atoms with Crippen molar-refractivity contribution in [3.63, 3.8) is 0 Å². The van der Waals surface area contributed by atoms with Gasteiger partial charge < -0.3 is 19.7 Å². The van der Waals surface area contributed by atoms with E-state index in [1.54, 1.807) is 0 Å². The maximum atomic E-state index is 12.8. The minimum absolute atomic E-state index is 0.0162. The summed E-state index contributed by atoms with van der Waals surface area (Å²) in [5, 5.41) is 3.03. The Morgan fingerprint density at radius 1 is 0.906 bits per heavy atom. The Morgan fingerprint density at radius 3 is 2.38 bits per heavy atom. The molecule has 0 spiro atoms. The highest BCUT2D eigenvalue weighted by Gasteiger charge is 2.27. The lowest BCUT2D eigenvalue weighted by atomic mass is 9.95.